The predicted molar refractivity (Wildman–Crippen MR) is 107 cm³/mol. The molecule has 10 heteroatoms. The summed E-state index contributed by atoms with van der Waals surface area (Å²) in [6.45, 7) is 1.78. The number of hydrogen-bond acceptors (Lipinski definition) is 5. The Labute approximate surface area is 173 Å². The Bertz CT molecular complexity index is 1200. The lowest BCUT2D eigenvalue weighted by molar-refractivity contribution is -0.137. The van der Waals surface area contributed by atoms with E-state index in [9.17, 15) is 18.0 Å². The molecule has 0 radical (unpaired) electrons. The van der Waals surface area contributed by atoms with Crippen LogP contribution >= 0.6 is 11.3 Å². The number of anilines is 1. The number of pyridine rings is 1. The Balaban J connectivity index is 1.76. The average Bonchev–Trinajstić information content (AvgIpc) is 3.37. The minimum absolute atomic E-state index is 0.147. The molecule has 0 unspecified atom stereocenters. The molecule has 6 nitrogen and oxygen atoms in total. The molecule has 3 aromatic heterocycles. The van der Waals surface area contributed by atoms with Crippen molar-refractivity contribution in [2.75, 3.05) is 5.32 Å². The zero-order valence-electron chi connectivity index (χ0n) is 15.5. The SMILES string of the molecule is Cc1cccc(NC(=O)c2nc(-c3cccs3)n(-c3cccc(C(F)(F)F)c3)n2)n1. The summed E-state index contributed by atoms with van der Waals surface area (Å²) < 4.78 is 40.7. The number of carbonyl (C=O) groups is 1. The van der Waals surface area contributed by atoms with Gasteiger partial charge in [0.05, 0.1) is 16.1 Å². The van der Waals surface area contributed by atoms with E-state index in [1.807, 2.05) is 0 Å². The molecule has 0 saturated heterocycles. The van der Waals surface area contributed by atoms with Crippen molar-refractivity contribution in [2.24, 2.45) is 0 Å². The van der Waals surface area contributed by atoms with Gasteiger partial charge in [-0.25, -0.2) is 14.6 Å². The molecule has 3 heterocycles. The van der Waals surface area contributed by atoms with E-state index in [1.165, 1.54) is 28.2 Å². The fourth-order valence-corrected chi connectivity index (χ4v) is 3.45. The van der Waals surface area contributed by atoms with Crippen LogP contribution in [0.4, 0.5) is 19.0 Å². The lowest BCUT2D eigenvalue weighted by atomic mass is 10.2. The van der Waals surface area contributed by atoms with Gasteiger partial charge in [-0.3, -0.25) is 4.79 Å². The van der Waals surface area contributed by atoms with Crippen molar-refractivity contribution in [2.45, 2.75) is 13.1 Å². The van der Waals surface area contributed by atoms with Crippen LogP contribution in [0.5, 0.6) is 0 Å². The molecule has 1 N–H and O–H groups in total. The number of benzene rings is 1. The summed E-state index contributed by atoms with van der Waals surface area (Å²) >= 11 is 1.34. The molecule has 0 aliphatic rings. The van der Waals surface area contributed by atoms with Gasteiger partial charge in [-0.15, -0.1) is 16.4 Å². The van der Waals surface area contributed by atoms with E-state index in [4.69, 9.17) is 0 Å². The van der Waals surface area contributed by atoms with Crippen molar-refractivity contribution < 1.29 is 18.0 Å². The van der Waals surface area contributed by atoms with Crippen LogP contribution in [0.1, 0.15) is 21.9 Å². The third-order valence-corrected chi connectivity index (χ3v) is 4.97. The molecule has 0 aliphatic heterocycles. The minimum Gasteiger partial charge on any atom is -0.304 e. The number of nitrogens with one attached hydrogen (secondary N) is 1. The normalized spacial score (nSPS) is 11.5. The van der Waals surface area contributed by atoms with Crippen molar-refractivity contribution in [3.8, 4) is 16.4 Å². The summed E-state index contributed by atoms with van der Waals surface area (Å²) in [5.41, 5.74) is 0.0468. The quantitative estimate of drug-likeness (QED) is 0.497. The van der Waals surface area contributed by atoms with Crippen LogP contribution in [0, 0.1) is 6.92 Å². The first kappa shape index (κ1) is 19.8. The van der Waals surface area contributed by atoms with E-state index < -0.39 is 17.6 Å². The molecule has 4 aromatic rings. The zero-order chi connectivity index (χ0) is 21.3. The zero-order valence-corrected chi connectivity index (χ0v) is 16.3. The van der Waals surface area contributed by atoms with Crippen molar-refractivity contribution in [3.63, 3.8) is 0 Å². The van der Waals surface area contributed by atoms with E-state index in [0.717, 1.165) is 17.8 Å². The number of carbonyl (C=O) groups excluding carboxylic acids is 1. The molecule has 1 amide bonds. The fraction of sp³-hybridized carbons (Fsp3) is 0.100. The van der Waals surface area contributed by atoms with Gasteiger partial charge in [0.25, 0.3) is 5.91 Å². The molecule has 30 heavy (non-hydrogen) atoms. The number of thiophene rings is 1. The lowest BCUT2D eigenvalue weighted by Crippen LogP contribution is -2.15. The molecule has 4 rings (SSSR count). The maximum Gasteiger partial charge on any atom is 0.416 e. The first-order valence-electron chi connectivity index (χ1n) is 8.75. The van der Waals surface area contributed by atoms with Crippen molar-refractivity contribution in [1.82, 2.24) is 19.7 Å². The highest BCUT2D eigenvalue weighted by Crippen LogP contribution is 2.32. The number of aryl methyl sites for hydroxylation is 1. The van der Waals surface area contributed by atoms with Crippen LogP contribution in [-0.2, 0) is 6.18 Å². The van der Waals surface area contributed by atoms with E-state index in [-0.39, 0.29) is 17.3 Å². The Morgan fingerprint density at radius 1 is 1.07 bits per heavy atom. The largest absolute Gasteiger partial charge is 0.416 e. The van der Waals surface area contributed by atoms with E-state index in [0.29, 0.717) is 10.7 Å². The van der Waals surface area contributed by atoms with Crippen LogP contribution < -0.4 is 5.32 Å². The van der Waals surface area contributed by atoms with Gasteiger partial charge >= 0.3 is 6.18 Å². The fourth-order valence-electron chi connectivity index (χ4n) is 2.75. The second kappa shape index (κ2) is 7.71. The highest BCUT2D eigenvalue weighted by Gasteiger charge is 2.31. The summed E-state index contributed by atoms with van der Waals surface area (Å²) in [5.74, 6) is -0.199. The van der Waals surface area contributed by atoms with Gasteiger partial charge in [-0.05, 0) is 48.7 Å². The minimum atomic E-state index is -4.50. The molecular formula is C20H14F3N5OS. The Hall–Kier alpha value is -3.53. The van der Waals surface area contributed by atoms with Gasteiger partial charge in [0.2, 0.25) is 5.82 Å². The van der Waals surface area contributed by atoms with Crippen LogP contribution in [0.3, 0.4) is 0 Å². The summed E-state index contributed by atoms with van der Waals surface area (Å²) in [4.78, 5) is 21.8. The van der Waals surface area contributed by atoms with Gasteiger partial charge in [-0.2, -0.15) is 13.2 Å². The van der Waals surface area contributed by atoms with Crippen molar-refractivity contribution in [3.05, 3.63) is 77.1 Å². The number of alkyl halides is 3. The van der Waals surface area contributed by atoms with Crippen LogP contribution in [0.15, 0.2) is 60.0 Å². The van der Waals surface area contributed by atoms with E-state index in [2.05, 4.69) is 20.4 Å². The van der Waals surface area contributed by atoms with Gasteiger partial charge in [0, 0.05) is 5.69 Å². The van der Waals surface area contributed by atoms with Gasteiger partial charge < -0.3 is 5.32 Å². The first-order chi connectivity index (χ1) is 14.3. The average molecular weight is 429 g/mol. The standard InChI is InChI=1S/C20H14F3N5OS/c1-12-5-2-9-16(24-12)25-19(29)17-26-18(15-8-4-10-30-15)28(27-17)14-7-3-6-13(11-14)20(21,22)23/h2-11H,1H3,(H,24,25,29). The third-order valence-electron chi connectivity index (χ3n) is 4.10. The highest BCUT2D eigenvalue weighted by molar-refractivity contribution is 7.13. The van der Waals surface area contributed by atoms with Crippen LogP contribution in [-0.4, -0.2) is 25.7 Å². The molecule has 0 aliphatic carbocycles. The van der Waals surface area contributed by atoms with Crippen LogP contribution in [0.25, 0.3) is 16.4 Å². The smallest absolute Gasteiger partial charge is 0.304 e. The maximum absolute atomic E-state index is 13.2. The topological polar surface area (TPSA) is 72.7 Å². The number of aromatic nitrogens is 4. The third kappa shape index (κ3) is 4.08. The van der Waals surface area contributed by atoms with E-state index in [1.54, 1.807) is 42.6 Å². The molecule has 1 aromatic carbocycles. The first-order valence-corrected chi connectivity index (χ1v) is 9.63. The molecule has 0 saturated carbocycles. The Morgan fingerprint density at radius 3 is 2.57 bits per heavy atom. The molecule has 0 atom stereocenters. The number of nitrogens with zero attached hydrogens (tertiary/aromatic N) is 4. The monoisotopic (exact) mass is 429 g/mol. The van der Waals surface area contributed by atoms with Gasteiger partial charge in [-0.1, -0.05) is 18.2 Å². The second-order valence-electron chi connectivity index (χ2n) is 6.31. The van der Waals surface area contributed by atoms with Gasteiger partial charge in [0.1, 0.15) is 5.82 Å². The highest BCUT2D eigenvalue weighted by atomic mass is 32.1. The lowest BCUT2D eigenvalue weighted by Gasteiger charge is -2.09. The van der Waals surface area contributed by atoms with Crippen LogP contribution in [0.2, 0.25) is 0 Å². The summed E-state index contributed by atoms with van der Waals surface area (Å²) in [7, 11) is 0. The Morgan fingerprint density at radius 2 is 1.87 bits per heavy atom. The number of hydrogen-bond donors (Lipinski definition) is 1. The molecular weight excluding hydrogens is 415 g/mol. The van der Waals surface area contributed by atoms with E-state index >= 15 is 0 Å². The number of halogens is 3. The summed E-state index contributed by atoms with van der Waals surface area (Å²) in [6, 6.07) is 13.4. The maximum atomic E-state index is 13.2. The molecule has 0 fully saturated rings. The van der Waals surface area contributed by atoms with Crippen molar-refractivity contribution in [1.29, 1.82) is 0 Å². The molecule has 0 bridgehead atoms. The number of rotatable bonds is 4. The summed E-state index contributed by atoms with van der Waals surface area (Å²) in [6.07, 6.45) is -4.50. The summed E-state index contributed by atoms with van der Waals surface area (Å²) in [5, 5.41) is 8.59. The predicted octanol–water partition coefficient (Wildman–Crippen LogP) is 4.97. The van der Waals surface area contributed by atoms with Crippen molar-refractivity contribution >= 4 is 23.1 Å². The second-order valence-corrected chi connectivity index (χ2v) is 7.26. The molecule has 152 valence electrons. The number of amides is 1. The Kier molecular flexibility index (Phi) is 5.08. The van der Waals surface area contributed by atoms with Gasteiger partial charge in [0.15, 0.2) is 5.82 Å². The molecule has 0 spiro atoms.